The fraction of sp³-hybridized carbons (Fsp3) is 0.500. The van der Waals surface area contributed by atoms with E-state index in [0.717, 1.165) is 0 Å². The van der Waals surface area contributed by atoms with E-state index in [1.807, 2.05) is 0 Å². The molecule has 0 aromatic carbocycles. The van der Waals surface area contributed by atoms with E-state index in [1.165, 1.54) is 11.5 Å². The van der Waals surface area contributed by atoms with E-state index in [1.54, 1.807) is 13.8 Å². The molecule has 0 saturated carbocycles. The minimum atomic E-state index is -1.01. The minimum Gasteiger partial charge on any atom is -0.480 e. The summed E-state index contributed by atoms with van der Waals surface area (Å²) in [5.74, 6) is -1.01. The molecule has 0 spiro atoms. The monoisotopic (exact) mass is 184 g/mol. The fourth-order valence-corrected chi connectivity index (χ4v) is 1.22. The summed E-state index contributed by atoms with van der Waals surface area (Å²) in [6.07, 6.45) is 0. The zero-order valence-electron chi connectivity index (χ0n) is 7.79. The van der Waals surface area contributed by atoms with Crippen LogP contribution in [0.5, 0.6) is 0 Å². The van der Waals surface area contributed by atoms with E-state index >= 15 is 0 Å². The first-order chi connectivity index (χ1) is 5.95. The first-order valence-corrected chi connectivity index (χ1v) is 3.95. The summed E-state index contributed by atoms with van der Waals surface area (Å²) in [5, 5.41) is 8.72. The molecule has 5 heteroatoms. The number of H-pyrrole nitrogens is 1. The number of carboxylic acids is 1. The molecule has 2 N–H and O–H groups in total. The first kappa shape index (κ1) is 9.57. The Balaban J connectivity index is 3.29. The molecule has 1 aromatic rings. The summed E-state index contributed by atoms with van der Waals surface area (Å²) in [4.78, 5) is 24.4. The summed E-state index contributed by atoms with van der Waals surface area (Å²) in [7, 11) is 0. The third kappa shape index (κ3) is 1.49. The molecule has 1 atom stereocenters. The third-order valence-electron chi connectivity index (χ3n) is 2.16. The maximum absolute atomic E-state index is 11.3. The predicted molar refractivity (Wildman–Crippen MR) is 46.9 cm³/mol. The number of hydrogen-bond donors (Lipinski definition) is 2. The van der Waals surface area contributed by atoms with Crippen molar-refractivity contribution >= 4 is 5.97 Å². The molecule has 1 rings (SSSR count). The van der Waals surface area contributed by atoms with Crippen molar-refractivity contribution in [1.29, 1.82) is 0 Å². The van der Waals surface area contributed by atoms with Crippen molar-refractivity contribution in [2.45, 2.75) is 26.8 Å². The Bertz CT molecular complexity index is 389. The van der Waals surface area contributed by atoms with E-state index in [0.29, 0.717) is 11.4 Å². The van der Waals surface area contributed by atoms with Crippen LogP contribution in [0.15, 0.2) is 4.79 Å². The Morgan fingerprint density at radius 3 is 2.38 bits per heavy atom. The first-order valence-electron chi connectivity index (χ1n) is 3.95. The lowest BCUT2D eigenvalue weighted by Crippen LogP contribution is -2.26. The van der Waals surface area contributed by atoms with Gasteiger partial charge in [-0.2, -0.15) is 0 Å². The van der Waals surface area contributed by atoms with Crippen molar-refractivity contribution in [3.05, 3.63) is 21.9 Å². The number of rotatable bonds is 2. The van der Waals surface area contributed by atoms with E-state index < -0.39 is 12.0 Å². The van der Waals surface area contributed by atoms with Gasteiger partial charge in [0.05, 0.1) is 0 Å². The molecule has 0 radical (unpaired) electrons. The number of nitrogens with one attached hydrogen (secondary N) is 1. The number of aromatic amines is 1. The predicted octanol–water partition coefficient (Wildman–Crippen LogP) is 0.439. The summed E-state index contributed by atoms with van der Waals surface area (Å²) < 4.78 is 1.23. The second kappa shape index (κ2) is 3.08. The fourth-order valence-electron chi connectivity index (χ4n) is 1.22. The van der Waals surface area contributed by atoms with Crippen LogP contribution in [0.2, 0.25) is 0 Å². The Morgan fingerprint density at radius 1 is 1.54 bits per heavy atom. The molecule has 0 aliphatic carbocycles. The molecule has 1 heterocycles. The van der Waals surface area contributed by atoms with Gasteiger partial charge in [-0.3, -0.25) is 4.57 Å². The van der Waals surface area contributed by atoms with Gasteiger partial charge in [0.2, 0.25) is 0 Å². The number of carbonyl (C=O) groups is 1. The van der Waals surface area contributed by atoms with Crippen molar-refractivity contribution in [3.63, 3.8) is 0 Å². The largest absolute Gasteiger partial charge is 0.480 e. The average molecular weight is 184 g/mol. The van der Waals surface area contributed by atoms with Crippen LogP contribution in [0.3, 0.4) is 0 Å². The van der Waals surface area contributed by atoms with Gasteiger partial charge in [0.1, 0.15) is 6.04 Å². The van der Waals surface area contributed by atoms with Crippen LogP contribution in [0, 0.1) is 13.8 Å². The molecule has 0 bridgehead atoms. The summed E-state index contributed by atoms with van der Waals surface area (Å²) >= 11 is 0. The van der Waals surface area contributed by atoms with Gasteiger partial charge in [0.25, 0.3) is 0 Å². The molecule has 0 amide bonds. The Kier molecular flexibility index (Phi) is 2.27. The summed E-state index contributed by atoms with van der Waals surface area (Å²) in [6.45, 7) is 4.93. The molecule has 0 aliphatic rings. The molecular formula is C8H12N2O3. The van der Waals surface area contributed by atoms with Crippen molar-refractivity contribution in [2.24, 2.45) is 0 Å². The maximum Gasteiger partial charge on any atom is 0.326 e. The van der Waals surface area contributed by atoms with Gasteiger partial charge < -0.3 is 10.1 Å². The van der Waals surface area contributed by atoms with E-state index in [4.69, 9.17) is 5.11 Å². The lowest BCUT2D eigenvalue weighted by atomic mass is 10.3. The number of aromatic nitrogens is 2. The van der Waals surface area contributed by atoms with Gasteiger partial charge in [-0.05, 0) is 20.8 Å². The highest BCUT2D eigenvalue weighted by molar-refractivity contribution is 5.71. The van der Waals surface area contributed by atoms with Crippen molar-refractivity contribution < 1.29 is 9.90 Å². The molecule has 0 saturated heterocycles. The van der Waals surface area contributed by atoms with Crippen LogP contribution in [0.25, 0.3) is 0 Å². The smallest absolute Gasteiger partial charge is 0.326 e. The lowest BCUT2D eigenvalue weighted by molar-refractivity contribution is -0.140. The highest BCUT2D eigenvalue weighted by Gasteiger charge is 2.18. The third-order valence-corrected chi connectivity index (χ3v) is 2.16. The van der Waals surface area contributed by atoms with Crippen molar-refractivity contribution in [3.8, 4) is 0 Å². The van der Waals surface area contributed by atoms with Gasteiger partial charge in [0.15, 0.2) is 0 Å². The number of aryl methyl sites for hydroxylation is 1. The highest BCUT2D eigenvalue weighted by atomic mass is 16.4. The van der Waals surface area contributed by atoms with Crippen LogP contribution in [-0.4, -0.2) is 20.6 Å². The van der Waals surface area contributed by atoms with Crippen LogP contribution in [0.1, 0.15) is 24.4 Å². The highest BCUT2D eigenvalue weighted by Crippen LogP contribution is 2.08. The van der Waals surface area contributed by atoms with Crippen LogP contribution in [-0.2, 0) is 4.79 Å². The molecule has 1 aromatic heterocycles. The lowest BCUT2D eigenvalue weighted by Gasteiger charge is -2.08. The Hall–Kier alpha value is -1.52. The normalized spacial score (nSPS) is 12.8. The Morgan fingerprint density at radius 2 is 2.08 bits per heavy atom. The van der Waals surface area contributed by atoms with Crippen LogP contribution in [0.4, 0.5) is 0 Å². The molecule has 72 valence electrons. The molecule has 1 unspecified atom stereocenters. The Labute approximate surface area is 75.0 Å². The summed E-state index contributed by atoms with van der Waals surface area (Å²) in [6, 6.07) is -0.822. The summed E-state index contributed by atoms with van der Waals surface area (Å²) in [5.41, 5.74) is 1.00. The van der Waals surface area contributed by atoms with Crippen molar-refractivity contribution in [2.75, 3.05) is 0 Å². The molecule has 0 fully saturated rings. The van der Waals surface area contributed by atoms with E-state index in [9.17, 15) is 9.59 Å². The van der Waals surface area contributed by atoms with Gasteiger partial charge in [0, 0.05) is 11.4 Å². The zero-order chi connectivity index (χ0) is 10.2. The number of hydrogen-bond acceptors (Lipinski definition) is 2. The van der Waals surface area contributed by atoms with E-state index in [-0.39, 0.29) is 5.69 Å². The quantitative estimate of drug-likeness (QED) is 0.700. The number of nitrogens with zero attached hydrogens (tertiary/aromatic N) is 1. The van der Waals surface area contributed by atoms with Crippen LogP contribution < -0.4 is 5.69 Å². The standard InChI is InChI=1S/C8H12N2O3/c1-4-5(2)10(8(13)9-4)6(3)7(11)12/h6H,1-3H3,(H,9,13)(H,11,12). The van der Waals surface area contributed by atoms with Crippen molar-refractivity contribution in [1.82, 2.24) is 9.55 Å². The molecule has 13 heavy (non-hydrogen) atoms. The second-order valence-corrected chi connectivity index (χ2v) is 3.02. The minimum absolute atomic E-state index is 0.370. The van der Waals surface area contributed by atoms with Crippen LogP contribution >= 0.6 is 0 Å². The van der Waals surface area contributed by atoms with Gasteiger partial charge in [-0.1, -0.05) is 0 Å². The average Bonchev–Trinajstić information content (AvgIpc) is 2.26. The van der Waals surface area contributed by atoms with Gasteiger partial charge in [-0.15, -0.1) is 0 Å². The maximum atomic E-state index is 11.3. The second-order valence-electron chi connectivity index (χ2n) is 3.02. The van der Waals surface area contributed by atoms with Gasteiger partial charge in [-0.25, -0.2) is 9.59 Å². The topological polar surface area (TPSA) is 75.1 Å². The number of aliphatic carboxylic acids is 1. The SMILES string of the molecule is Cc1[nH]c(=O)n(C(C)C(=O)O)c1C. The molecule has 0 aliphatic heterocycles. The molecular weight excluding hydrogens is 172 g/mol. The van der Waals surface area contributed by atoms with Gasteiger partial charge >= 0.3 is 11.7 Å². The van der Waals surface area contributed by atoms with E-state index in [2.05, 4.69) is 4.98 Å². The zero-order valence-corrected chi connectivity index (χ0v) is 7.79. The molecule has 5 nitrogen and oxygen atoms in total. The number of carboxylic acid groups (broad SMARTS) is 1. The number of imidazole rings is 1.